The molecule has 8 nitrogen and oxygen atoms in total. The smallest absolute Gasteiger partial charge is 0.265 e. The summed E-state index contributed by atoms with van der Waals surface area (Å²) < 4.78 is 7.90. The largest absolute Gasteiger partial charge is 0.501 e. The molecule has 6 rings (SSSR count). The van der Waals surface area contributed by atoms with Gasteiger partial charge in [-0.25, -0.2) is 4.68 Å². The quantitative estimate of drug-likeness (QED) is 0.375. The van der Waals surface area contributed by atoms with Crippen LogP contribution in [0.1, 0.15) is 77.1 Å². The van der Waals surface area contributed by atoms with E-state index in [4.69, 9.17) is 9.84 Å². The Morgan fingerprint density at radius 3 is 2.54 bits per heavy atom. The fourth-order valence-electron chi connectivity index (χ4n) is 6.64. The van der Waals surface area contributed by atoms with Gasteiger partial charge in [-0.1, -0.05) is 31.4 Å². The van der Waals surface area contributed by atoms with E-state index in [1.807, 2.05) is 19.1 Å². The predicted molar refractivity (Wildman–Crippen MR) is 161 cm³/mol. The van der Waals surface area contributed by atoms with E-state index in [0.29, 0.717) is 48.0 Å². The zero-order chi connectivity index (χ0) is 28.6. The zero-order valence-corrected chi connectivity index (χ0v) is 24.6. The van der Waals surface area contributed by atoms with Crippen LogP contribution in [-0.2, 0) is 10.3 Å². The molecule has 2 amide bonds. The molecule has 0 spiro atoms. The number of carbonyl (C=O) groups excluding carboxylic acids is 2. The van der Waals surface area contributed by atoms with E-state index in [1.54, 1.807) is 36.3 Å². The molecule has 3 heterocycles. The molecular weight excluding hydrogens is 536 g/mol. The molecule has 3 aliphatic rings. The van der Waals surface area contributed by atoms with Crippen molar-refractivity contribution in [3.8, 4) is 0 Å². The van der Waals surface area contributed by atoms with Gasteiger partial charge in [0.05, 0.1) is 35.1 Å². The maximum absolute atomic E-state index is 13.4. The summed E-state index contributed by atoms with van der Waals surface area (Å²) in [6.45, 7) is 3.13. The molecular formula is C32H38N4O4S. The van der Waals surface area contributed by atoms with Crippen LogP contribution in [0.2, 0.25) is 0 Å². The van der Waals surface area contributed by atoms with Crippen molar-refractivity contribution in [2.75, 3.05) is 25.5 Å². The number of anilines is 1. The summed E-state index contributed by atoms with van der Waals surface area (Å²) >= 11 is 1.48. The number of aryl methyl sites for hydroxylation is 1. The summed E-state index contributed by atoms with van der Waals surface area (Å²) in [6.07, 6.45) is 14.1. The van der Waals surface area contributed by atoms with Crippen molar-refractivity contribution in [3.05, 3.63) is 70.5 Å². The Labute approximate surface area is 244 Å². The lowest BCUT2D eigenvalue weighted by molar-refractivity contribution is 0.0546. The van der Waals surface area contributed by atoms with Gasteiger partial charge >= 0.3 is 0 Å². The van der Waals surface area contributed by atoms with Crippen LogP contribution in [0.25, 0.3) is 10.2 Å². The molecule has 1 saturated heterocycles. The number of fused-ring (bicyclic) bond motifs is 1. The molecule has 2 aromatic heterocycles. The van der Waals surface area contributed by atoms with Gasteiger partial charge in [-0.15, -0.1) is 11.3 Å². The predicted octanol–water partition coefficient (Wildman–Crippen LogP) is 6.02. The van der Waals surface area contributed by atoms with Gasteiger partial charge in [0.15, 0.2) is 0 Å². The van der Waals surface area contributed by atoms with E-state index in [-0.39, 0.29) is 23.5 Å². The summed E-state index contributed by atoms with van der Waals surface area (Å²) in [7, 11) is 1.73. The molecule has 1 aromatic carbocycles. The minimum atomic E-state index is -0.325. The van der Waals surface area contributed by atoms with Crippen molar-refractivity contribution in [1.82, 2.24) is 14.7 Å². The summed E-state index contributed by atoms with van der Waals surface area (Å²) in [5, 5.41) is 18.8. The van der Waals surface area contributed by atoms with Crippen molar-refractivity contribution in [3.63, 3.8) is 0 Å². The molecule has 41 heavy (non-hydrogen) atoms. The number of allylic oxidation sites excluding steroid dienone is 4. The third kappa shape index (κ3) is 5.33. The molecule has 1 unspecified atom stereocenters. The van der Waals surface area contributed by atoms with Crippen molar-refractivity contribution < 1.29 is 19.4 Å². The standard InChI is InChI=1S/C32H38N4O4S/c1-21-27-19-28(29(38)33-24-12-10-22(11-13-24)30(39)35-17-14-25(37)15-18-35)41-31(27)36(34-21)32(23-7-4-3-5-8-23)16-6-9-26(20-32)40-2/h6,9-13,16,19,23,25,37H,3-5,7-8,14-15,17-18,20H2,1-2H3,(H,33,38). The summed E-state index contributed by atoms with van der Waals surface area (Å²) in [6, 6.07) is 8.99. The first kappa shape index (κ1) is 27.7. The Morgan fingerprint density at radius 2 is 1.83 bits per heavy atom. The minimum Gasteiger partial charge on any atom is -0.501 e. The highest BCUT2D eigenvalue weighted by atomic mass is 32.1. The van der Waals surface area contributed by atoms with Crippen molar-refractivity contribution in [2.45, 2.75) is 69.9 Å². The summed E-state index contributed by atoms with van der Waals surface area (Å²) in [5.74, 6) is 1.18. The molecule has 0 bridgehead atoms. The van der Waals surface area contributed by atoms with E-state index in [1.165, 1.54) is 30.6 Å². The van der Waals surface area contributed by atoms with Crippen LogP contribution < -0.4 is 5.32 Å². The fourth-order valence-corrected chi connectivity index (χ4v) is 7.78. The Kier molecular flexibility index (Phi) is 7.74. The third-order valence-corrected chi connectivity index (χ3v) is 10.1. The number of nitrogens with one attached hydrogen (secondary N) is 1. The maximum atomic E-state index is 13.4. The Balaban J connectivity index is 1.24. The minimum absolute atomic E-state index is 0.0468. The van der Waals surface area contributed by atoms with Gasteiger partial charge in [0.25, 0.3) is 11.8 Å². The first-order valence-electron chi connectivity index (χ1n) is 14.7. The number of ether oxygens (including phenoxy) is 1. The number of piperidine rings is 1. The van der Waals surface area contributed by atoms with Crippen LogP contribution in [0.5, 0.6) is 0 Å². The van der Waals surface area contributed by atoms with Gasteiger partial charge in [0, 0.05) is 36.1 Å². The molecule has 3 aromatic rings. The highest BCUT2D eigenvalue weighted by Gasteiger charge is 2.43. The lowest BCUT2D eigenvalue weighted by Crippen LogP contribution is -2.42. The number of hydrogen-bond acceptors (Lipinski definition) is 6. The number of nitrogens with zero attached hydrogens (tertiary/aromatic N) is 3. The number of aromatic nitrogens is 2. The number of amides is 2. The lowest BCUT2D eigenvalue weighted by Gasteiger charge is -2.42. The second-order valence-corrected chi connectivity index (χ2v) is 12.6. The molecule has 2 N–H and O–H groups in total. The third-order valence-electron chi connectivity index (χ3n) is 9.00. The highest BCUT2D eigenvalue weighted by Crippen LogP contribution is 2.47. The van der Waals surface area contributed by atoms with Crippen LogP contribution in [0.3, 0.4) is 0 Å². The number of aliphatic hydroxyl groups excluding tert-OH is 1. The zero-order valence-electron chi connectivity index (χ0n) is 23.8. The maximum Gasteiger partial charge on any atom is 0.265 e. The normalized spacial score (nSPS) is 22.1. The molecule has 1 aliphatic heterocycles. The first-order chi connectivity index (χ1) is 19.9. The van der Waals surface area contributed by atoms with Crippen molar-refractivity contribution >= 4 is 39.1 Å². The number of methoxy groups -OCH3 is 1. The summed E-state index contributed by atoms with van der Waals surface area (Å²) in [5.41, 5.74) is 1.82. The van der Waals surface area contributed by atoms with E-state index < -0.39 is 0 Å². The molecule has 216 valence electrons. The number of thiophene rings is 1. The van der Waals surface area contributed by atoms with Crippen molar-refractivity contribution in [1.29, 1.82) is 0 Å². The monoisotopic (exact) mass is 574 g/mol. The van der Waals surface area contributed by atoms with Crippen LogP contribution in [0.4, 0.5) is 5.69 Å². The fraction of sp³-hybridized carbons (Fsp3) is 0.469. The second kappa shape index (κ2) is 11.4. The Morgan fingerprint density at radius 1 is 1.10 bits per heavy atom. The first-order valence-corrected chi connectivity index (χ1v) is 15.5. The number of likely N-dealkylation sites (tertiary alicyclic amines) is 1. The second-order valence-electron chi connectivity index (χ2n) is 11.6. The van der Waals surface area contributed by atoms with Gasteiger partial charge in [0.1, 0.15) is 4.83 Å². The van der Waals surface area contributed by atoms with Crippen LogP contribution in [0, 0.1) is 12.8 Å². The summed E-state index contributed by atoms with van der Waals surface area (Å²) in [4.78, 5) is 29.6. The number of carbonyl (C=O) groups is 2. The van der Waals surface area contributed by atoms with E-state index >= 15 is 0 Å². The number of rotatable bonds is 6. The van der Waals surface area contributed by atoms with Gasteiger partial charge in [-0.05, 0) is 74.9 Å². The Hall–Kier alpha value is -3.43. The molecule has 0 radical (unpaired) electrons. The topological polar surface area (TPSA) is 96.7 Å². The van der Waals surface area contributed by atoms with Gasteiger partial charge < -0.3 is 20.1 Å². The van der Waals surface area contributed by atoms with E-state index in [0.717, 1.165) is 40.9 Å². The van der Waals surface area contributed by atoms with Crippen molar-refractivity contribution in [2.24, 2.45) is 5.92 Å². The van der Waals surface area contributed by atoms with Gasteiger partial charge in [-0.2, -0.15) is 5.10 Å². The van der Waals surface area contributed by atoms with Gasteiger partial charge in [0.2, 0.25) is 0 Å². The average molecular weight is 575 g/mol. The van der Waals surface area contributed by atoms with Crippen LogP contribution >= 0.6 is 11.3 Å². The molecule has 2 fully saturated rings. The van der Waals surface area contributed by atoms with Crippen LogP contribution in [0.15, 0.2) is 54.3 Å². The number of benzene rings is 1. The van der Waals surface area contributed by atoms with E-state index in [2.05, 4.69) is 22.2 Å². The molecule has 1 saturated carbocycles. The molecule has 1 atom stereocenters. The molecule has 9 heteroatoms. The number of aliphatic hydroxyl groups is 1. The Bertz CT molecular complexity index is 1490. The highest BCUT2D eigenvalue weighted by molar-refractivity contribution is 7.20. The SMILES string of the molecule is COC1=CC=CC(C2CCCCC2)(n2nc(C)c3cc(C(=O)Nc4ccc(C(=O)N5CCC(O)CC5)cc4)sc32)C1. The lowest BCUT2D eigenvalue weighted by atomic mass is 9.71. The van der Waals surface area contributed by atoms with Crippen LogP contribution in [-0.4, -0.2) is 57.9 Å². The number of hydrogen-bond donors (Lipinski definition) is 2. The molecule has 2 aliphatic carbocycles. The van der Waals surface area contributed by atoms with E-state index in [9.17, 15) is 14.7 Å². The average Bonchev–Trinajstić information content (AvgIpc) is 3.59. The van der Waals surface area contributed by atoms with Gasteiger partial charge in [-0.3, -0.25) is 9.59 Å².